The standard InChI is InChI=1S/C13H18N4/c1-10-4-5-12(7-15-10)6-14-8-13-9-17(3)16-11(13)2/h4-5,7,9,14H,6,8H2,1-3H3. The molecule has 4 nitrogen and oxygen atoms in total. The quantitative estimate of drug-likeness (QED) is 0.869. The van der Waals surface area contributed by atoms with E-state index in [4.69, 9.17) is 0 Å². The first-order valence-electron chi connectivity index (χ1n) is 5.76. The molecule has 2 heterocycles. The Hall–Kier alpha value is -1.68. The lowest BCUT2D eigenvalue weighted by molar-refractivity contribution is 0.688. The van der Waals surface area contributed by atoms with E-state index in [0.717, 1.165) is 24.5 Å². The molecule has 0 radical (unpaired) electrons. The topological polar surface area (TPSA) is 42.7 Å². The number of rotatable bonds is 4. The molecule has 0 saturated carbocycles. The molecule has 0 saturated heterocycles. The molecule has 0 atom stereocenters. The van der Waals surface area contributed by atoms with Crippen LogP contribution in [0.5, 0.6) is 0 Å². The van der Waals surface area contributed by atoms with Gasteiger partial charge in [-0.15, -0.1) is 0 Å². The van der Waals surface area contributed by atoms with Gasteiger partial charge < -0.3 is 5.32 Å². The van der Waals surface area contributed by atoms with Crippen molar-refractivity contribution in [3.05, 3.63) is 47.0 Å². The predicted molar refractivity (Wildman–Crippen MR) is 67.5 cm³/mol. The molecule has 0 bridgehead atoms. The fourth-order valence-corrected chi connectivity index (χ4v) is 1.77. The van der Waals surface area contributed by atoms with Gasteiger partial charge in [0.1, 0.15) is 0 Å². The summed E-state index contributed by atoms with van der Waals surface area (Å²) in [5.41, 5.74) is 4.59. The van der Waals surface area contributed by atoms with Crippen LogP contribution in [0.2, 0.25) is 0 Å². The Kier molecular flexibility index (Phi) is 3.54. The molecule has 90 valence electrons. The van der Waals surface area contributed by atoms with Gasteiger partial charge in [0.15, 0.2) is 0 Å². The third kappa shape index (κ3) is 3.14. The van der Waals surface area contributed by atoms with Gasteiger partial charge in [-0.05, 0) is 25.5 Å². The summed E-state index contributed by atoms with van der Waals surface area (Å²) >= 11 is 0. The fraction of sp³-hybridized carbons (Fsp3) is 0.385. The van der Waals surface area contributed by atoms with Crippen LogP contribution in [0.4, 0.5) is 0 Å². The first kappa shape index (κ1) is 11.8. The van der Waals surface area contributed by atoms with Crippen molar-refractivity contribution >= 4 is 0 Å². The van der Waals surface area contributed by atoms with Crippen molar-refractivity contribution in [3.8, 4) is 0 Å². The molecular formula is C13H18N4. The number of hydrogen-bond donors (Lipinski definition) is 1. The van der Waals surface area contributed by atoms with Gasteiger partial charge in [0, 0.05) is 43.8 Å². The Morgan fingerprint density at radius 1 is 1.24 bits per heavy atom. The third-order valence-electron chi connectivity index (χ3n) is 2.73. The smallest absolute Gasteiger partial charge is 0.0638 e. The largest absolute Gasteiger partial charge is 0.308 e. The molecule has 0 amide bonds. The van der Waals surface area contributed by atoms with E-state index in [1.54, 1.807) is 0 Å². The van der Waals surface area contributed by atoms with Crippen molar-refractivity contribution < 1.29 is 0 Å². The normalized spacial score (nSPS) is 10.8. The van der Waals surface area contributed by atoms with Gasteiger partial charge >= 0.3 is 0 Å². The van der Waals surface area contributed by atoms with Crippen molar-refractivity contribution in [2.75, 3.05) is 0 Å². The summed E-state index contributed by atoms with van der Waals surface area (Å²) in [7, 11) is 1.94. The summed E-state index contributed by atoms with van der Waals surface area (Å²) in [6, 6.07) is 4.14. The highest BCUT2D eigenvalue weighted by Crippen LogP contribution is 2.05. The zero-order chi connectivity index (χ0) is 12.3. The lowest BCUT2D eigenvalue weighted by atomic mass is 10.2. The van der Waals surface area contributed by atoms with Crippen LogP contribution in [-0.2, 0) is 20.1 Å². The molecule has 0 unspecified atom stereocenters. The highest BCUT2D eigenvalue weighted by atomic mass is 15.2. The van der Waals surface area contributed by atoms with E-state index in [2.05, 4.69) is 27.7 Å². The summed E-state index contributed by atoms with van der Waals surface area (Å²) in [4.78, 5) is 4.27. The van der Waals surface area contributed by atoms with Gasteiger partial charge in [0.05, 0.1) is 5.69 Å². The Morgan fingerprint density at radius 2 is 2.06 bits per heavy atom. The summed E-state index contributed by atoms with van der Waals surface area (Å²) in [5, 5.41) is 7.71. The SMILES string of the molecule is Cc1ccc(CNCc2cn(C)nc2C)cn1. The maximum absolute atomic E-state index is 4.31. The summed E-state index contributed by atoms with van der Waals surface area (Å²) in [5.74, 6) is 0. The minimum absolute atomic E-state index is 0.835. The monoisotopic (exact) mass is 230 g/mol. The predicted octanol–water partition coefficient (Wildman–Crippen LogP) is 1.72. The minimum atomic E-state index is 0.835. The van der Waals surface area contributed by atoms with Crippen LogP contribution in [0.3, 0.4) is 0 Å². The highest BCUT2D eigenvalue weighted by Gasteiger charge is 2.02. The Balaban J connectivity index is 1.87. The van der Waals surface area contributed by atoms with E-state index in [0.29, 0.717) is 0 Å². The molecule has 0 aromatic carbocycles. The van der Waals surface area contributed by atoms with Crippen LogP contribution in [0.15, 0.2) is 24.5 Å². The van der Waals surface area contributed by atoms with E-state index in [1.807, 2.05) is 37.8 Å². The molecule has 2 rings (SSSR count). The molecule has 4 heteroatoms. The highest BCUT2D eigenvalue weighted by molar-refractivity contribution is 5.16. The fourth-order valence-electron chi connectivity index (χ4n) is 1.77. The van der Waals surface area contributed by atoms with Crippen molar-refractivity contribution in [1.82, 2.24) is 20.1 Å². The summed E-state index contributed by atoms with van der Waals surface area (Å²) in [6.07, 6.45) is 3.97. The van der Waals surface area contributed by atoms with E-state index in [1.165, 1.54) is 11.1 Å². The van der Waals surface area contributed by atoms with E-state index >= 15 is 0 Å². The second-order valence-corrected chi connectivity index (χ2v) is 4.32. The molecule has 0 spiro atoms. The molecule has 0 aliphatic rings. The average molecular weight is 230 g/mol. The summed E-state index contributed by atoms with van der Waals surface area (Å²) in [6.45, 7) is 5.70. The Morgan fingerprint density at radius 3 is 2.65 bits per heavy atom. The van der Waals surface area contributed by atoms with Crippen molar-refractivity contribution in [3.63, 3.8) is 0 Å². The molecule has 17 heavy (non-hydrogen) atoms. The minimum Gasteiger partial charge on any atom is -0.308 e. The third-order valence-corrected chi connectivity index (χ3v) is 2.73. The van der Waals surface area contributed by atoms with Gasteiger partial charge in [-0.2, -0.15) is 5.10 Å². The molecule has 0 fully saturated rings. The summed E-state index contributed by atoms with van der Waals surface area (Å²) < 4.78 is 1.85. The number of nitrogens with zero attached hydrogens (tertiary/aromatic N) is 3. The molecule has 0 aliphatic carbocycles. The van der Waals surface area contributed by atoms with Gasteiger partial charge in [-0.1, -0.05) is 6.07 Å². The first-order chi connectivity index (χ1) is 8.15. The number of nitrogens with one attached hydrogen (secondary N) is 1. The van der Waals surface area contributed by atoms with Crippen LogP contribution < -0.4 is 5.32 Å². The molecule has 0 aliphatic heterocycles. The average Bonchev–Trinajstić information content (AvgIpc) is 2.60. The van der Waals surface area contributed by atoms with Crippen molar-refractivity contribution in [2.24, 2.45) is 7.05 Å². The van der Waals surface area contributed by atoms with Gasteiger partial charge in [-0.3, -0.25) is 9.67 Å². The van der Waals surface area contributed by atoms with E-state index < -0.39 is 0 Å². The van der Waals surface area contributed by atoms with Gasteiger partial charge in [0.25, 0.3) is 0 Å². The van der Waals surface area contributed by atoms with Crippen LogP contribution in [0, 0.1) is 13.8 Å². The maximum atomic E-state index is 4.31. The maximum Gasteiger partial charge on any atom is 0.0638 e. The number of pyridine rings is 1. The van der Waals surface area contributed by atoms with Crippen molar-refractivity contribution in [2.45, 2.75) is 26.9 Å². The zero-order valence-corrected chi connectivity index (χ0v) is 10.6. The number of hydrogen-bond acceptors (Lipinski definition) is 3. The van der Waals surface area contributed by atoms with Gasteiger partial charge in [0.2, 0.25) is 0 Å². The Bertz CT molecular complexity index is 485. The molecular weight excluding hydrogens is 212 g/mol. The van der Waals surface area contributed by atoms with Crippen LogP contribution >= 0.6 is 0 Å². The van der Waals surface area contributed by atoms with Crippen LogP contribution in [0.25, 0.3) is 0 Å². The molecule has 2 aromatic rings. The molecule has 1 N–H and O–H groups in total. The number of aryl methyl sites for hydroxylation is 3. The molecule has 2 aromatic heterocycles. The van der Waals surface area contributed by atoms with E-state index in [-0.39, 0.29) is 0 Å². The number of aromatic nitrogens is 3. The second-order valence-electron chi connectivity index (χ2n) is 4.32. The lowest BCUT2D eigenvalue weighted by Crippen LogP contribution is -2.13. The van der Waals surface area contributed by atoms with Crippen LogP contribution in [0.1, 0.15) is 22.5 Å². The van der Waals surface area contributed by atoms with Crippen LogP contribution in [-0.4, -0.2) is 14.8 Å². The first-order valence-corrected chi connectivity index (χ1v) is 5.76. The van der Waals surface area contributed by atoms with E-state index in [9.17, 15) is 0 Å². The second kappa shape index (κ2) is 5.10. The zero-order valence-electron chi connectivity index (χ0n) is 10.6. The Labute approximate surface area is 102 Å². The van der Waals surface area contributed by atoms with Crippen molar-refractivity contribution in [1.29, 1.82) is 0 Å². The van der Waals surface area contributed by atoms with Gasteiger partial charge in [-0.25, -0.2) is 0 Å². The lowest BCUT2D eigenvalue weighted by Gasteiger charge is -2.04.